The molecule has 2 atom stereocenters. The molecular formula is C16H23N5O2. The maximum atomic E-state index is 12.2. The SMILES string of the molecule is COC(=O)N1CCCCC1C1=NC(C)CC=C2C(N)=NC=CN21. The first kappa shape index (κ1) is 15.6. The van der Waals surface area contributed by atoms with Crippen LogP contribution >= 0.6 is 0 Å². The Kier molecular flexibility index (Phi) is 4.36. The number of rotatable bonds is 1. The molecule has 0 aromatic heterocycles. The van der Waals surface area contributed by atoms with Crippen LogP contribution in [0.4, 0.5) is 4.79 Å². The summed E-state index contributed by atoms with van der Waals surface area (Å²) in [6.45, 7) is 2.75. The zero-order chi connectivity index (χ0) is 16.4. The number of amides is 1. The van der Waals surface area contributed by atoms with Gasteiger partial charge < -0.3 is 10.5 Å². The summed E-state index contributed by atoms with van der Waals surface area (Å²) in [5.41, 5.74) is 6.90. The summed E-state index contributed by atoms with van der Waals surface area (Å²) >= 11 is 0. The van der Waals surface area contributed by atoms with E-state index in [0.29, 0.717) is 12.4 Å². The highest BCUT2D eigenvalue weighted by Gasteiger charge is 2.36. The van der Waals surface area contributed by atoms with Crippen LogP contribution in [-0.2, 0) is 4.74 Å². The summed E-state index contributed by atoms with van der Waals surface area (Å²) in [5.74, 6) is 1.33. The van der Waals surface area contributed by atoms with E-state index in [4.69, 9.17) is 15.5 Å². The second-order valence-corrected chi connectivity index (χ2v) is 6.02. The molecule has 0 bridgehead atoms. The van der Waals surface area contributed by atoms with E-state index in [2.05, 4.69) is 18.0 Å². The lowest BCUT2D eigenvalue weighted by Gasteiger charge is -2.39. The van der Waals surface area contributed by atoms with Crippen molar-refractivity contribution in [1.29, 1.82) is 0 Å². The minimum atomic E-state index is -0.303. The second kappa shape index (κ2) is 6.44. The van der Waals surface area contributed by atoms with Gasteiger partial charge in [-0.2, -0.15) is 0 Å². The van der Waals surface area contributed by atoms with E-state index in [-0.39, 0.29) is 18.2 Å². The molecule has 2 unspecified atom stereocenters. The van der Waals surface area contributed by atoms with Crippen molar-refractivity contribution in [3.8, 4) is 0 Å². The Labute approximate surface area is 136 Å². The molecule has 0 saturated carbocycles. The number of piperidine rings is 1. The third-order valence-corrected chi connectivity index (χ3v) is 4.41. The van der Waals surface area contributed by atoms with E-state index in [0.717, 1.165) is 37.2 Å². The summed E-state index contributed by atoms with van der Waals surface area (Å²) in [4.78, 5) is 24.9. The Morgan fingerprint density at radius 3 is 3.04 bits per heavy atom. The van der Waals surface area contributed by atoms with Gasteiger partial charge in [0.05, 0.1) is 24.9 Å². The number of ether oxygens (including phenoxy) is 1. The highest BCUT2D eigenvalue weighted by Crippen LogP contribution is 2.27. The quantitative estimate of drug-likeness (QED) is 0.799. The predicted molar refractivity (Wildman–Crippen MR) is 88.9 cm³/mol. The number of methoxy groups -OCH3 is 1. The van der Waals surface area contributed by atoms with Crippen molar-refractivity contribution in [2.24, 2.45) is 15.7 Å². The summed E-state index contributed by atoms with van der Waals surface area (Å²) in [6.07, 6.45) is 9.01. The molecule has 7 nitrogen and oxygen atoms in total. The van der Waals surface area contributed by atoms with Crippen molar-refractivity contribution >= 4 is 17.8 Å². The third kappa shape index (κ3) is 2.95. The molecule has 0 spiro atoms. The van der Waals surface area contributed by atoms with Crippen LogP contribution in [0.3, 0.4) is 0 Å². The van der Waals surface area contributed by atoms with Gasteiger partial charge >= 0.3 is 6.09 Å². The van der Waals surface area contributed by atoms with Crippen LogP contribution in [-0.4, -0.2) is 53.3 Å². The van der Waals surface area contributed by atoms with Gasteiger partial charge in [0.2, 0.25) is 0 Å². The number of likely N-dealkylation sites (tertiary alicyclic amines) is 1. The minimum Gasteiger partial charge on any atom is -0.453 e. The topological polar surface area (TPSA) is 83.5 Å². The minimum absolute atomic E-state index is 0.101. The van der Waals surface area contributed by atoms with Gasteiger partial charge in [0.15, 0.2) is 0 Å². The fraction of sp³-hybridized carbons (Fsp3) is 0.562. The largest absolute Gasteiger partial charge is 0.453 e. The first-order valence-electron chi connectivity index (χ1n) is 8.04. The first-order valence-corrected chi connectivity index (χ1v) is 8.04. The van der Waals surface area contributed by atoms with Gasteiger partial charge in [0.25, 0.3) is 0 Å². The smallest absolute Gasteiger partial charge is 0.410 e. The molecule has 3 heterocycles. The van der Waals surface area contributed by atoms with Gasteiger partial charge in [-0.3, -0.25) is 14.8 Å². The summed E-state index contributed by atoms with van der Waals surface area (Å²) in [7, 11) is 1.42. The van der Waals surface area contributed by atoms with Gasteiger partial charge in [0.1, 0.15) is 11.7 Å². The molecule has 0 aromatic carbocycles. The van der Waals surface area contributed by atoms with Crippen LogP contribution in [0.1, 0.15) is 32.6 Å². The molecule has 23 heavy (non-hydrogen) atoms. The molecule has 1 amide bonds. The van der Waals surface area contributed by atoms with Crippen molar-refractivity contribution in [3.05, 3.63) is 24.2 Å². The van der Waals surface area contributed by atoms with E-state index in [9.17, 15) is 4.79 Å². The predicted octanol–water partition coefficient (Wildman–Crippen LogP) is 1.83. The number of nitrogens with two attached hydrogens (primary N) is 1. The van der Waals surface area contributed by atoms with Gasteiger partial charge in [-0.05, 0) is 32.6 Å². The summed E-state index contributed by atoms with van der Waals surface area (Å²) in [6, 6.07) is 0.0291. The summed E-state index contributed by atoms with van der Waals surface area (Å²) in [5, 5.41) is 0. The van der Waals surface area contributed by atoms with Crippen molar-refractivity contribution < 1.29 is 9.53 Å². The number of carbonyl (C=O) groups excluding carboxylic acids is 1. The molecule has 3 aliphatic rings. The van der Waals surface area contributed by atoms with Gasteiger partial charge in [-0.15, -0.1) is 0 Å². The van der Waals surface area contributed by atoms with Crippen molar-refractivity contribution in [1.82, 2.24) is 9.80 Å². The number of hydrogen-bond donors (Lipinski definition) is 1. The van der Waals surface area contributed by atoms with Crippen molar-refractivity contribution in [2.45, 2.75) is 44.7 Å². The van der Waals surface area contributed by atoms with Gasteiger partial charge in [-0.1, -0.05) is 6.08 Å². The van der Waals surface area contributed by atoms with Crippen LogP contribution in [0.5, 0.6) is 0 Å². The highest BCUT2D eigenvalue weighted by molar-refractivity contribution is 6.04. The number of fused-ring (bicyclic) bond motifs is 1. The molecule has 1 saturated heterocycles. The Hall–Kier alpha value is -2.31. The first-order chi connectivity index (χ1) is 11.1. The fourth-order valence-corrected chi connectivity index (χ4v) is 3.26. The Bertz CT molecular complexity index is 608. The van der Waals surface area contributed by atoms with E-state index >= 15 is 0 Å². The van der Waals surface area contributed by atoms with E-state index in [1.54, 1.807) is 11.1 Å². The standard InChI is InChI=1S/C16H23N5O2/c1-11-6-7-12-14(17)18-8-10-20(12)15(19-11)13-5-3-4-9-21(13)16(22)23-2/h7-8,10-11,13H,3-6,9H2,1-2H3,(H2,17,18). The Morgan fingerprint density at radius 1 is 1.43 bits per heavy atom. The summed E-state index contributed by atoms with van der Waals surface area (Å²) < 4.78 is 4.96. The molecule has 1 fully saturated rings. The molecule has 3 rings (SSSR count). The molecule has 3 aliphatic heterocycles. The highest BCUT2D eigenvalue weighted by atomic mass is 16.5. The molecule has 0 radical (unpaired) electrons. The fourth-order valence-electron chi connectivity index (χ4n) is 3.26. The molecule has 124 valence electrons. The molecule has 0 aromatic rings. The third-order valence-electron chi connectivity index (χ3n) is 4.41. The lowest BCUT2D eigenvalue weighted by molar-refractivity contribution is 0.103. The van der Waals surface area contributed by atoms with Crippen molar-refractivity contribution in [3.63, 3.8) is 0 Å². The molecular weight excluding hydrogens is 294 g/mol. The van der Waals surface area contributed by atoms with E-state index < -0.39 is 0 Å². The Morgan fingerprint density at radius 2 is 2.26 bits per heavy atom. The number of aliphatic imine (C=N–C) groups is 2. The lowest BCUT2D eigenvalue weighted by atomic mass is 10.0. The van der Waals surface area contributed by atoms with Gasteiger partial charge in [-0.25, -0.2) is 9.79 Å². The van der Waals surface area contributed by atoms with Crippen molar-refractivity contribution in [2.75, 3.05) is 13.7 Å². The average Bonchev–Trinajstić information content (AvgIpc) is 2.74. The van der Waals surface area contributed by atoms with E-state index in [1.807, 2.05) is 11.1 Å². The normalized spacial score (nSPS) is 27.5. The van der Waals surface area contributed by atoms with Gasteiger partial charge in [0, 0.05) is 18.9 Å². The zero-order valence-corrected chi connectivity index (χ0v) is 13.6. The maximum absolute atomic E-state index is 12.2. The van der Waals surface area contributed by atoms with Crippen LogP contribution in [0.15, 0.2) is 34.2 Å². The van der Waals surface area contributed by atoms with Crippen LogP contribution < -0.4 is 5.73 Å². The second-order valence-electron chi connectivity index (χ2n) is 6.02. The number of nitrogens with zero attached hydrogens (tertiary/aromatic N) is 4. The van der Waals surface area contributed by atoms with E-state index in [1.165, 1.54) is 7.11 Å². The zero-order valence-electron chi connectivity index (χ0n) is 13.6. The molecule has 0 aliphatic carbocycles. The van der Waals surface area contributed by atoms with Crippen LogP contribution in [0.2, 0.25) is 0 Å². The maximum Gasteiger partial charge on any atom is 0.410 e. The molecule has 7 heteroatoms. The monoisotopic (exact) mass is 317 g/mol. The van der Waals surface area contributed by atoms with Crippen LogP contribution in [0, 0.1) is 0 Å². The lowest BCUT2D eigenvalue weighted by Crippen LogP contribution is -2.53. The number of amidine groups is 2. The number of carbonyl (C=O) groups is 1. The average molecular weight is 317 g/mol. The molecule has 2 N–H and O–H groups in total. The number of hydrogen-bond acceptors (Lipinski definition) is 6. The Balaban J connectivity index is 1.98. The van der Waals surface area contributed by atoms with Crippen LogP contribution in [0.25, 0.3) is 0 Å².